The molecule has 0 saturated carbocycles. The van der Waals surface area contributed by atoms with E-state index >= 15 is 0 Å². The minimum atomic E-state index is -0.321. The van der Waals surface area contributed by atoms with Gasteiger partial charge in [-0.1, -0.05) is 46.3 Å². The molecule has 4 rings (SSSR count). The lowest BCUT2D eigenvalue weighted by atomic mass is 9.84. The second-order valence-electron chi connectivity index (χ2n) is 6.03. The molecule has 26 heavy (non-hydrogen) atoms. The Kier molecular flexibility index (Phi) is 4.02. The Balaban J connectivity index is 1.97. The lowest BCUT2D eigenvalue weighted by molar-refractivity contribution is 0.367. The van der Waals surface area contributed by atoms with Crippen molar-refractivity contribution in [2.45, 2.75) is 12.8 Å². The van der Waals surface area contributed by atoms with E-state index in [9.17, 15) is 5.26 Å². The molecular weight excluding hydrogens is 392 g/mol. The zero-order chi connectivity index (χ0) is 18.3. The van der Waals surface area contributed by atoms with Gasteiger partial charge in [0.1, 0.15) is 11.6 Å². The quantitative estimate of drug-likeness (QED) is 0.692. The number of hydrogen-bond donors (Lipinski definition) is 1. The number of para-hydroxylation sites is 1. The summed E-state index contributed by atoms with van der Waals surface area (Å²) in [5.74, 6) is 0.343. The number of benzene rings is 2. The largest absolute Gasteiger partial charge is 0.422 e. The van der Waals surface area contributed by atoms with Gasteiger partial charge in [0.05, 0.1) is 22.9 Å². The van der Waals surface area contributed by atoms with Crippen LogP contribution in [0.3, 0.4) is 0 Å². The molecule has 1 aromatic heterocycles. The predicted molar refractivity (Wildman–Crippen MR) is 102 cm³/mol. The smallest absolute Gasteiger partial charge is 0.229 e. The van der Waals surface area contributed by atoms with Crippen LogP contribution in [0.2, 0.25) is 0 Å². The van der Waals surface area contributed by atoms with Gasteiger partial charge in [0.25, 0.3) is 0 Å². The average molecular weight is 407 g/mol. The van der Waals surface area contributed by atoms with Crippen LogP contribution in [-0.2, 0) is 0 Å². The Hall–Kier alpha value is -3.04. The Morgan fingerprint density at radius 3 is 2.65 bits per heavy atom. The number of hydrogen-bond acceptors (Lipinski definition) is 4. The van der Waals surface area contributed by atoms with Crippen molar-refractivity contribution in [3.63, 3.8) is 0 Å². The molecule has 0 amide bonds. The number of aryl methyl sites for hydroxylation is 1. The van der Waals surface area contributed by atoms with E-state index < -0.39 is 0 Å². The summed E-state index contributed by atoms with van der Waals surface area (Å²) in [6, 6.07) is 19.8. The van der Waals surface area contributed by atoms with Gasteiger partial charge in [0, 0.05) is 4.47 Å². The zero-order valence-corrected chi connectivity index (χ0v) is 15.6. The fourth-order valence-corrected chi connectivity index (χ4v) is 3.69. The van der Waals surface area contributed by atoms with Crippen LogP contribution < -0.4 is 10.5 Å². The molecule has 0 radical (unpaired) electrons. The first-order valence-corrected chi connectivity index (χ1v) is 8.87. The zero-order valence-electron chi connectivity index (χ0n) is 14.0. The molecule has 128 valence electrons. The third-order valence-electron chi connectivity index (χ3n) is 4.42. The molecule has 0 spiro atoms. The van der Waals surface area contributed by atoms with Gasteiger partial charge in [0.15, 0.2) is 0 Å². The second kappa shape index (κ2) is 6.36. The van der Waals surface area contributed by atoms with E-state index in [1.54, 1.807) is 4.68 Å². The molecule has 2 aromatic carbocycles. The number of halogens is 1. The Morgan fingerprint density at radius 1 is 1.19 bits per heavy atom. The molecule has 1 atom stereocenters. The highest BCUT2D eigenvalue weighted by Crippen LogP contribution is 2.44. The molecule has 0 aliphatic carbocycles. The van der Waals surface area contributed by atoms with E-state index in [-0.39, 0.29) is 11.8 Å². The van der Waals surface area contributed by atoms with E-state index in [4.69, 9.17) is 10.5 Å². The number of nitrogens with zero attached hydrogens (tertiary/aromatic N) is 3. The highest BCUT2D eigenvalue weighted by atomic mass is 79.9. The van der Waals surface area contributed by atoms with Crippen LogP contribution in [0.25, 0.3) is 5.69 Å². The van der Waals surface area contributed by atoms with Crippen molar-refractivity contribution in [3.8, 4) is 17.6 Å². The summed E-state index contributed by atoms with van der Waals surface area (Å²) >= 11 is 3.50. The van der Waals surface area contributed by atoms with E-state index in [1.807, 2.05) is 61.5 Å². The first-order valence-electron chi connectivity index (χ1n) is 8.08. The number of allylic oxidation sites excluding steroid dienone is 1. The summed E-state index contributed by atoms with van der Waals surface area (Å²) in [5, 5.41) is 14.3. The molecular formula is C20H15BrN4O. The normalized spacial score (nSPS) is 16.0. The fraction of sp³-hybridized carbons (Fsp3) is 0.100. The van der Waals surface area contributed by atoms with Gasteiger partial charge in [-0.3, -0.25) is 0 Å². The number of ether oxygens (including phenoxy) is 1. The van der Waals surface area contributed by atoms with E-state index in [0.29, 0.717) is 11.5 Å². The van der Waals surface area contributed by atoms with Gasteiger partial charge in [-0.2, -0.15) is 10.4 Å². The van der Waals surface area contributed by atoms with Gasteiger partial charge in [0.2, 0.25) is 11.8 Å². The van der Waals surface area contributed by atoms with E-state index in [2.05, 4.69) is 27.1 Å². The highest BCUT2D eigenvalue weighted by molar-refractivity contribution is 9.10. The molecule has 5 nitrogen and oxygen atoms in total. The Bertz CT molecular complexity index is 1060. The molecule has 1 aliphatic rings. The topological polar surface area (TPSA) is 76.9 Å². The van der Waals surface area contributed by atoms with Gasteiger partial charge in [-0.25, -0.2) is 4.68 Å². The van der Waals surface area contributed by atoms with Gasteiger partial charge >= 0.3 is 0 Å². The molecule has 0 fully saturated rings. The number of nitriles is 1. The van der Waals surface area contributed by atoms with Crippen molar-refractivity contribution >= 4 is 15.9 Å². The summed E-state index contributed by atoms with van der Waals surface area (Å²) < 4.78 is 8.52. The summed E-state index contributed by atoms with van der Waals surface area (Å²) in [6.07, 6.45) is 0. The van der Waals surface area contributed by atoms with Crippen LogP contribution >= 0.6 is 15.9 Å². The summed E-state index contributed by atoms with van der Waals surface area (Å²) in [6.45, 7) is 1.92. The summed E-state index contributed by atoms with van der Waals surface area (Å²) in [4.78, 5) is 0. The van der Waals surface area contributed by atoms with Crippen LogP contribution in [0.5, 0.6) is 5.88 Å². The van der Waals surface area contributed by atoms with E-state index in [0.717, 1.165) is 27.0 Å². The standard InChI is InChI=1S/C20H15BrN4O/c1-12-17-18(13-6-5-7-14(21)10-13)16(11-22)19(23)26-20(17)25(24-12)15-8-3-2-4-9-15/h2-10,18H,23H2,1H3/t18-/m1/s1. The predicted octanol–water partition coefficient (Wildman–Crippen LogP) is 4.16. The number of fused-ring (bicyclic) bond motifs is 1. The van der Waals surface area contributed by atoms with Crippen molar-refractivity contribution < 1.29 is 4.74 Å². The van der Waals surface area contributed by atoms with Crippen LogP contribution in [0.4, 0.5) is 0 Å². The molecule has 6 heteroatoms. The summed E-state index contributed by atoms with van der Waals surface area (Å²) in [5.41, 5.74) is 9.99. The van der Waals surface area contributed by atoms with Crippen molar-refractivity contribution in [3.05, 3.63) is 87.3 Å². The van der Waals surface area contributed by atoms with E-state index in [1.165, 1.54) is 0 Å². The Morgan fingerprint density at radius 2 is 1.96 bits per heavy atom. The van der Waals surface area contributed by atoms with Crippen molar-refractivity contribution in [2.75, 3.05) is 0 Å². The first kappa shape index (κ1) is 16.4. The van der Waals surface area contributed by atoms with Gasteiger partial charge in [-0.15, -0.1) is 0 Å². The van der Waals surface area contributed by atoms with Gasteiger partial charge < -0.3 is 10.5 Å². The fourth-order valence-electron chi connectivity index (χ4n) is 3.28. The maximum absolute atomic E-state index is 9.70. The molecule has 2 N–H and O–H groups in total. The third-order valence-corrected chi connectivity index (χ3v) is 4.91. The number of aromatic nitrogens is 2. The molecule has 3 aromatic rings. The SMILES string of the molecule is Cc1nn(-c2ccccc2)c2c1[C@H](c1cccc(Br)c1)C(C#N)=C(N)O2. The molecule has 0 saturated heterocycles. The minimum absolute atomic E-state index is 0.113. The van der Waals surface area contributed by atoms with Crippen LogP contribution in [0.1, 0.15) is 22.7 Å². The van der Waals surface area contributed by atoms with Crippen molar-refractivity contribution in [1.82, 2.24) is 9.78 Å². The molecule has 1 aliphatic heterocycles. The summed E-state index contributed by atoms with van der Waals surface area (Å²) in [7, 11) is 0. The maximum Gasteiger partial charge on any atom is 0.229 e. The average Bonchev–Trinajstić information content (AvgIpc) is 2.97. The van der Waals surface area contributed by atoms with Crippen molar-refractivity contribution in [1.29, 1.82) is 5.26 Å². The highest BCUT2D eigenvalue weighted by Gasteiger charge is 2.36. The lowest BCUT2D eigenvalue weighted by Gasteiger charge is -2.25. The third kappa shape index (κ3) is 2.57. The van der Waals surface area contributed by atoms with Crippen LogP contribution in [0.15, 0.2) is 70.5 Å². The minimum Gasteiger partial charge on any atom is -0.422 e. The maximum atomic E-state index is 9.70. The molecule has 2 heterocycles. The van der Waals surface area contributed by atoms with Crippen molar-refractivity contribution in [2.24, 2.45) is 5.73 Å². The number of nitrogens with two attached hydrogens (primary N) is 1. The van der Waals surface area contributed by atoms with Gasteiger partial charge in [-0.05, 0) is 36.8 Å². The monoisotopic (exact) mass is 406 g/mol. The van der Waals surface area contributed by atoms with Crippen LogP contribution in [0, 0.1) is 18.3 Å². The molecule has 0 unspecified atom stereocenters. The number of rotatable bonds is 2. The first-order chi connectivity index (χ1) is 12.6. The van der Waals surface area contributed by atoms with Crippen LogP contribution in [-0.4, -0.2) is 9.78 Å². The Labute approximate surface area is 159 Å². The second-order valence-corrected chi connectivity index (χ2v) is 6.95. The lowest BCUT2D eigenvalue weighted by Crippen LogP contribution is -2.22. The molecule has 0 bridgehead atoms.